The second kappa shape index (κ2) is 10.6. The number of hydrogen-bond acceptors (Lipinski definition) is 5. The van der Waals surface area contributed by atoms with Gasteiger partial charge in [-0.15, -0.1) is 13.2 Å². The van der Waals surface area contributed by atoms with E-state index in [-0.39, 0.29) is 29.5 Å². The van der Waals surface area contributed by atoms with Crippen LogP contribution in [0.1, 0.15) is 42.4 Å². The molecule has 1 aromatic carbocycles. The second-order valence-corrected chi connectivity index (χ2v) is 9.05. The highest BCUT2D eigenvalue weighted by Crippen LogP contribution is 2.37. The molecule has 2 amide bonds. The number of aromatic nitrogens is 2. The largest absolute Gasteiger partial charge is 0.573 e. The average molecular weight is 492 g/mol. The summed E-state index contributed by atoms with van der Waals surface area (Å²) in [6, 6.07) is 8.05. The van der Waals surface area contributed by atoms with Crippen LogP contribution in [-0.4, -0.2) is 65.0 Å². The Morgan fingerprint density at radius 1 is 1.14 bits per heavy atom. The molecule has 2 atom stereocenters. The molecule has 0 saturated carbocycles. The van der Waals surface area contributed by atoms with Crippen LogP contribution in [0, 0.1) is 17.2 Å². The van der Waals surface area contributed by atoms with E-state index in [2.05, 4.69) is 15.8 Å². The Balaban J connectivity index is 1.53. The summed E-state index contributed by atoms with van der Waals surface area (Å²) in [6.45, 7) is 2.38. The highest BCUT2D eigenvalue weighted by Gasteiger charge is 2.36. The summed E-state index contributed by atoms with van der Waals surface area (Å²) in [7, 11) is 1.60. The van der Waals surface area contributed by atoms with Crippen LogP contribution in [0.15, 0.2) is 36.8 Å². The minimum Gasteiger partial charge on any atom is -0.406 e. The zero-order valence-electron chi connectivity index (χ0n) is 19.4. The van der Waals surface area contributed by atoms with Gasteiger partial charge in [-0.25, -0.2) is 9.78 Å². The van der Waals surface area contributed by atoms with Crippen molar-refractivity contribution < 1.29 is 27.4 Å². The molecule has 3 heterocycles. The Labute approximate surface area is 201 Å². The van der Waals surface area contributed by atoms with Gasteiger partial charge in [0.2, 0.25) is 0 Å². The molecular weight excluding hydrogens is 463 g/mol. The van der Waals surface area contributed by atoms with Crippen molar-refractivity contribution in [1.82, 2.24) is 19.4 Å². The zero-order valence-corrected chi connectivity index (χ0v) is 19.4. The lowest BCUT2D eigenvalue weighted by Gasteiger charge is -2.41. The molecule has 0 aliphatic carbocycles. The number of nitrogens with zero attached hydrogens (tertiary/aromatic N) is 5. The number of carbonyl (C=O) groups excluding carboxylic acids is 1. The van der Waals surface area contributed by atoms with Gasteiger partial charge in [0.05, 0.1) is 18.1 Å². The molecule has 0 radical (unpaired) electrons. The highest BCUT2D eigenvalue weighted by molar-refractivity contribution is 5.75. The van der Waals surface area contributed by atoms with Gasteiger partial charge in [-0.2, -0.15) is 5.26 Å². The van der Waals surface area contributed by atoms with Crippen LogP contribution in [0.4, 0.5) is 18.0 Å². The van der Waals surface area contributed by atoms with Crippen molar-refractivity contribution >= 4 is 6.03 Å². The lowest BCUT2D eigenvalue weighted by atomic mass is 9.83. The van der Waals surface area contributed by atoms with Crippen molar-refractivity contribution in [3.05, 3.63) is 48.0 Å². The predicted octanol–water partition coefficient (Wildman–Crippen LogP) is 4.31. The van der Waals surface area contributed by atoms with Gasteiger partial charge in [-0.05, 0) is 37.0 Å². The van der Waals surface area contributed by atoms with Gasteiger partial charge in [-0.3, -0.25) is 0 Å². The number of piperidine rings is 2. The summed E-state index contributed by atoms with van der Waals surface area (Å²) < 4.78 is 48.6. The number of alkyl halides is 3. The molecule has 0 N–H and O–H groups in total. The van der Waals surface area contributed by atoms with Crippen LogP contribution in [0.2, 0.25) is 0 Å². The van der Waals surface area contributed by atoms with Crippen molar-refractivity contribution in [2.45, 2.75) is 44.2 Å². The number of hydrogen-bond donors (Lipinski definition) is 0. The first-order chi connectivity index (χ1) is 16.8. The predicted molar refractivity (Wildman–Crippen MR) is 119 cm³/mol. The Kier molecular flexibility index (Phi) is 7.50. The molecule has 2 aliphatic heterocycles. The van der Waals surface area contributed by atoms with Crippen molar-refractivity contribution in [2.75, 3.05) is 33.3 Å². The molecule has 8 nitrogen and oxygen atoms in total. The number of rotatable bonds is 5. The summed E-state index contributed by atoms with van der Waals surface area (Å²) in [6.07, 6.45) is 0.850. The van der Waals surface area contributed by atoms with E-state index in [4.69, 9.17) is 10.00 Å². The highest BCUT2D eigenvalue weighted by atomic mass is 19.4. The lowest BCUT2D eigenvalue weighted by molar-refractivity contribution is -0.274. The zero-order chi connectivity index (χ0) is 25.0. The van der Waals surface area contributed by atoms with Gasteiger partial charge in [0, 0.05) is 57.2 Å². The van der Waals surface area contributed by atoms with Crippen LogP contribution in [0.25, 0.3) is 0 Å². The Hall–Kier alpha value is -3.26. The number of imidazole rings is 1. The van der Waals surface area contributed by atoms with Gasteiger partial charge >= 0.3 is 12.4 Å². The van der Waals surface area contributed by atoms with Gasteiger partial charge in [-0.1, -0.05) is 12.1 Å². The van der Waals surface area contributed by atoms with Crippen molar-refractivity contribution in [3.8, 4) is 11.8 Å². The van der Waals surface area contributed by atoms with Crippen LogP contribution >= 0.6 is 0 Å². The number of carbonyl (C=O) groups is 1. The topological polar surface area (TPSA) is 83.6 Å². The monoisotopic (exact) mass is 491 g/mol. The molecule has 2 aliphatic rings. The maximum atomic E-state index is 13.4. The summed E-state index contributed by atoms with van der Waals surface area (Å²) in [5.74, 6) is -0.427. The van der Waals surface area contributed by atoms with E-state index >= 15 is 0 Å². The molecule has 35 heavy (non-hydrogen) atoms. The number of urea groups is 1. The summed E-state index contributed by atoms with van der Waals surface area (Å²) >= 11 is 0. The van der Waals surface area contributed by atoms with Gasteiger partial charge in [0.15, 0.2) is 0 Å². The SMILES string of the molecule is COCn1cnc(C2CC(c3ccc(OC(F)(F)F)cc3)CN(C(=O)N3CCC(C#N)CC3)C2)c1. The number of nitriles is 1. The van der Waals surface area contributed by atoms with Crippen molar-refractivity contribution in [1.29, 1.82) is 5.26 Å². The number of methoxy groups -OCH3 is 1. The first-order valence-corrected chi connectivity index (χ1v) is 11.6. The molecule has 0 spiro atoms. The number of benzene rings is 1. The van der Waals surface area contributed by atoms with Crippen LogP contribution in [0.3, 0.4) is 0 Å². The van der Waals surface area contributed by atoms with E-state index in [1.54, 1.807) is 35.4 Å². The first-order valence-electron chi connectivity index (χ1n) is 11.6. The Morgan fingerprint density at radius 2 is 1.83 bits per heavy atom. The normalized spacial score (nSPS) is 21.6. The summed E-state index contributed by atoms with van der Waals surface area (Å²) in [4.78, 5) is 21.5. The van der Waals surface area contributed by atoms with Gasteiger partial charge in [0.25, 0.3) is 0 Å². The lowest BCUT2D eigenvalue weighted by Crippen LogP contribution is -2.51. The van der Waals surface area contributed by atoms with Gasteiger partial charge in [0.1, 0.15) is 12.5 Å². The molecule has 2 unspecified atom stereocenters. The molecule has 2 fully saturated rings. The van der Waals surface area contributed by atoms with E-state index in [0.717, 1.165) is 11.3 Å². The fourth-order valence-corrected chi connectivity index (χ4v) is 4.86. The fraction of sp³-hybridized carbons (Fsp3) is 0.542. The third-order valence-electron chi connectivity index (χ3n) is 6.60. The maximum absolute atomic E-state index is 13.4. The molecule has 0 bridgehead atoms. The van der Waals surface area contributed by atoms with E-state index in [1.165, 1.54) is 12.1 Å². The quantitative estimate of drug-likeness (QED) is 0.622. The molecule has 1 aromatic heterocycles. The average Bonchev–Trinajstić information content (AvgIpc) is 3.32. The molecule has 11 heteroatoms. The van der Waals surface area contributed by atoms with E-state index in [0.29, 0.717) is 52.2 Å². The fourth-order valence-electron chi connectivity index (χ4n) is 4.86. The minimum atomic E-state index is -4.75. The summed E-state index contributed by atoms with van der Waals surface area (Å²) in [5.41, 5.74) is 1.67. The third-order valence-corrected chi connectivity index (χ3v) is 6.60. The third kappa shape index (κ3) is 6.25. The second-order valence-electron chi connectivity index (χ2n) is 9.05. The number of amides is 2. The number of likely N-dealkylation sites (tertiary alicyclic amines) is 2. The Bertz CT molecular complexity index is 1040. The number of ether oxygens (including phenoxy) is 2. The van der Waals surface area contributed by atoms with Crippen LogP contribution < -0.4 is 4.74 Å². The van der Waals surface area contributed by atoms with E-state index < -0.39 is 6.36 Å². The smallest absolute Gasteiger partial charge is 0.406 e. The minimum absolute atomic E-state index is 0.0249. The molecule has 188 valence electrons. The Morgan fingerprint density at radius 3 is 2.46 bits per heavy atom. The number of halogens is 3. The summed E-state index contributed by atoms with van der Waals surface area (Å²) in [5, 5.41) is 9.16. The van der Waals surface area contributed by atoms with Crippen LogP contribution in [0.5, 0.6) is 5.75 Å². The van der Waals surface area contributed by atoms with Crippen molar-refractivity contribution in [3.63, 3.8) is 0 Å². The van der Waals surface area contributed by atoms with Gasteiger partial charge < -0.3 is 23.8 Å². The first kappa shape index (κ1) is 24.9. The van der Waals surface area contributed by atoms with E-state index in [1.807, 2.05) is 10.8 Å². The van der Waals surface area contributed by atoms with Crippen molar-refractivity contribution in [2.24, 2.45) is 5.92 Å². The van der Waals surface area contributed by atoms with Crippen LogP contribution in [-0.2, 0) is 11.5 Å². The maximum Gasteiger partial charge on any atom is 0.573 e. The molecular formula is C24H28F3N5O3. The molecule has 2 saturated heterocycles. The van der Waals surface area contributed by atoms with E-state index in [9.17, 15) is 18.0 Å². The standard InChI is InChI=1S/C24H28F3N5O3/c1-34-16-30-14-22(29-15-30)20-10-19(18-2-4-21(5-3-18)35-24(25,26)27)12-32(13-20)23(33)31-8-6-17(11-28)7-9-31/h2-5,14-15,17,19-20H,6-10,12-13,16H2,1H3. The molecule has 2 aromatic rings. The molecule has 4 rings (SSSR count).